The highest BCUT2D eigenvalue weighted by Crippen LogP contribution is 2.32. The molecule has 1 aliphatic carbocycles. The smallest absolute Gasteiger partial charge is 0.318 e. The second-order valence-electron chi connectivity index (χ2n) is 6.16. The number of carbonyl (C=O) groups is 1. The van der Waals surface area contributed by atoms with E-state index in [0.717, 1.165) is 51.6 Å². The lowest BCUT2D eigenvalue weighted by Crippen LogP contribution is -2.61. The molecule has 0 aromatic carbocycles. The maximum absolute atomic E-state index is 12.3. The second kappa shape index (κ2) is 5.80. The molecule has 0 radical (unpaired) electrons. The predicted molar refractivity (Wildman–Crippen MR) is 76.2 cm³/mol. The minimum Gasteiger partial charge on any atom is -0.386 e. The standard InChI is InChI=1S/C14H26N4O/c1-11-5-7-14(8-6-11,12(15)16)17-13(19)18-9-3-2-4-10-18/h11H,2-10H2,1H3,(H3,15,16)(H,17,19). The van der Waals surface area contributed by atoms with Crippen molar-refractivity contribution >= 4 is 11.9 Å². The van der Waals surface area contributed by atoms with Crippen molar-refractivity contribution in [2.45, 2.75) is 57.4 Å². The number of amides is 2. The molecule has 0 atom stereocenters. The van der Waals surface area contributed by atoms with Gasteiger partial charge in [0, 0.05) is 13.1 Å². The van der Waals surface area contributed by atoms with Crippen LogP contribution < -0.4 is 11.1 Å². The Bertz CT molecular complexity index is 341. The van der Waals surface area contributed by atoms with Crippen LogP contribution in [0, 0.1) is 11.3 Å². The quantitative estimate of drug-likeness (QED) is 0.528. The number of piperidine rings is 1. The molecule has 2 amide bonds. The highest BCUT2D eigenvalue weighted by Gasteiger charge is 2.39. The number of rotatable bonds is 2. The SMILES string of the molecule is CC1CCC(NC(=O)N2CCCCC2)(C(=N)N)CC1. The van der Waals surface area contributed by atoms with Gasteiger partial charge in [0.05, 0.1) is 5.54 Å². The zero-order valence-corrected chi connectivity index (χ0v) is 11.9. The third kappa shape index (κ3) is 3.19. The molecule has 0 aromatic heterocycles. The third-order valence-electron chi connectivity index (χ3n) is 4.63. The molecule has 0 aromatic rings. The van der Waals surface area contributed by atoms with Gasteiger partial charge in [-0.2, -0.15) is 0 Å². The molecule has 4 N–H and O–H groups in total. The Morgan fingerprint density at radius 3 is 2.37 bits per heavy atom. The minimum atomic E-state index is -0.596. The lowest BCUT2D eigenvalue weighted by atomic mass is 9.76. The van der Waals surface area contributed by atoms with Crippen LogP contribution in [-0.2, 0) is 0 Å². The Morgan fingerprint density at radius 1 is 1.26 bits per heavy atom. The Morgan fingerprint density at radius 2 is 1.84 bits per heavy atom. The fourth-order valence-corrected chi connectivity index (χ4v) is 3.10. The maximum Gasteiger partial charge on any atom is 0.318 e. The maximum atomic E-state index is 12.3. The molecule has 5 nitrogen and oxygen atoms in total. The Labute approximate surface area is 115 Å². The van der Waals surface area contributed by atoms with Gasteiger partial charge in [-0.1, -0.05) is 6.92 Å². The number of nitrogens with zero attached hydrogens (tertiary/aromatic N) is 1. The molecule has 0 spiro atoms. The summed E-state index contributed by atoms with van der Waals surface area (Å²) in [6, 6.07) is -0.0375. The summed E-state index contributed by atoms with van der Waals surface area (Å²) in [5.74, 6) is 0.782. The molecule has 0 unspecified atom stereocenters. The largest absolute Gasteiger partial charge is 0.386 e. The topological polar surface area (TPSA) is 82.2 Å². The van der Waals surface area contributed by atoms with Crippen LogP contribution in [0.5, 0.6) is 0 Å². The first kappa shape index (κ1) is 14.2. The van der Waals surface area contributed by atoms with Crippen molar-refractivity contribution in [1.82, 2.24) is 10.2 Å². The van der Waals surface area contributed by atoms with Crippen LogP contribution in [-0.4, -0.2) is 35.4 Å². The van der Waals surface area contributed by atoms with Crippen LogP contribution in [0.2, 0.25) is 0 Å². The summed E-state index contributed by atoms with van der Waals surface area (Å²) in [6.07, 6.45) is 7.01. The van der Waals surface area contributed by atoms with Gasteiger partial charge in [-0.25, -0.2) is 4.79 Å². The molecule has 2 aliphatic rings. The van der Waals surface area contributed by atoms with E-state index in [9.17, 15) is 4.79 Å². The van der Waals surface area contributed by atoms with E-state index in [4.69, 9.17) is 11.1 Å². The fourth-order valence-electron chi connectivity index (χ4n) is 3.10. The van der Waals surface area contributed by atoms with Crippen molar-refractivity contribution in [2.75, 3.05) is 13.1 Å². The number of carbonyl (C=O) groups excluding carboxylic acids is 1. The number of nitrogens with one attached hydrogen (secondary N) is 2. The Hall–Kier alpha value is -1.26. The van der Waals surface area contributed by atoms with Gasteiger partial charge in [0.1, 0.15) is 5.84 Å². The number of likely N-dealkylation sites (tertiary alicyclic amines) is 1. The highest BCUT2D eigenvalue weighted by atomic mass is 16.2. The normalized spacial score (nSPS) is 31.8. The van der Waals surface area contributed by atoms with Crippen LogP contribution in [0.25, 0.3) is 0 Å². The van der Waals surface area contributed by atoms with E-state index >= 15 is 0 Å². The summed E-state index contributed by atoms with van der Waals surface area (Å²) >= 11 is 0. The first-order valence-corrected chi connectivity index (χ1v) is 7.45. The number of hydrogen-bond donors (Lipinski definition) is 3. The Kier molecular flexibility index (Phi) is 4.32. The molecule has 19 heavy (non-hydrogen) atoms. The zero-order valence-electron chi connectivity index (χ0n) is 11.9. The lowest BCUT2D eigenvalue weighted by molar-refractivity contribution is 0.168. The first-order chi connectivity index (χ1) is 9.03. The molecular weight excluding hydrogens is 240 g/mol. The van der Waals surface area contributed by atoms with Gasteiger partial charge in [0.2, 0.25) is 0 Å². The van der Waals surface area contributed by atoms with Gasteiger partial charge in [-0.05, 0) is 50.9 Å². The lowest BCUT2D eigenvalue weighted by Gasteiger charge is -2.41. The van der Waals surface area contributed by atoms with Gasteiger partial charge in [0.15, 0.2) is 0 Å². The van der Waals surface area contributed by atoms with Crippen molar-refractivity contribution < 1.29 is 4.79 Å². The molecule has 2 fully saturated rings. The van der Waals surface area contributed by atoms with Gasteiger partial charge in [0.25, 0.3) is 0 Å². The molecule has 1 aliphatic heterocycles. The van der Waals surface area contributed by atoms with Gasteiger partial charge in [-0.3, -0.25) is 5.41 Å². The molecule has 1 saturated carbocycles. The summed E-state index contributed by atoms with van der Waals surface area (Å²) in [4.78, 5) is 14.2. The summed E-state index contributed by atoms with van der Waals surface area (Å²) in [5, 5.41) is 10.9. The van der Waals surface area contributed by atoms with Crippen molar-refractivity contribution in [3.8, 4) is 0 Å². The van der Waals surface area contributed by atoms with Crippen LogP contribution in [0.3, 0.4) is 0 Å². The van der Waals surface area contributed by atoms with E-state index < -0.39 is 5.54 Å². The number of nitrogens with two attached hydrogens (primary N) is 1. The molecule has 108 valence electrons. The molecular formula is C14H26N4O. The van der Waals surface area contributed by atoms with Crippen molar-refractivity contribution in [3.05, 3.63) is 0 Å². The van der Waals surface area contributed by atoms with Crippen molar-refractivity contribution in [2.24, 2.45) is 11.7 Å². The summed E-state index contributed by atoms with van der Waals surface area (Å²) in [7, 11) is 0. The van der Waals surface area contributed by atoms with Crippen LogP contribution in [0.1, 0.15) is 51.9 Å². The van der Waals surface area contributed by atoms with E-state index in [2.05, 4.69) is 12.2 Å². The molecule has 0 bridgehead atoms. The average Bonchev–Trinajstić information content (AvgIpc) is 2.42. The van der Waals surface area contributed by atoms with Gasteiger partial charge >= 0.3 is 6.03 Å². The molecule has 2 rings (SSSR count). The van der Waals surface area contributed by atoms with E-state index in [-0.39, 0.29) is 11.9 Å². The monoisotopic (exact) mass is 266 g/mol. The van der Waals surface area contributed by atoms with Gasteiger partial charge in [-0.15, -0.1) is 0 Å². The molecule has 1 heterocycles. The second-order valence-corrected chi connectivity index (χ2v) is 6.16. The Balaban J connectivity index is 2.00. The summed E-state index contributed by atoms with van der Waals surface area (Å²) < 4.78 is 0. The van der Waals surface area contributed by atoms with Crippen LogP contribution >= 0.6 is 0 Å². The van der Waals surface area contributed by atoms with E-state index in [1.165, 1.54) is 6.42 Å². The summed E-state index contributed by atoms with van der Waals surface area (Å²) in [5.41, 5.74) is 5.18. The minimum absolute atomic E-state index is 0.0375. The number of urea groups is 1. The van der Waals surface area contributed by atoms with Crippen molar-refractivity contribution in [1.29, 1.82) is 5.41 Å². The van der Waals surface area contributed by atoms with E-state index in [1.807, 2.05) is 4.90 Å². The van der Waals surface area contributed by atoms with Crippen LogP contribution in [0.15, 0.2) is 0 Å². The average molecular weight is 266 g/mol. The predicted octanol–water partition coefficient (Wildman–Crippen LogP) is 2.07. The van der Waals surface area contributed by atoms with E-state index in [0.29, 0.717) is 5.92 Å². The summed E-state index contributed by atoms with van der Waals surface area (Å²) in [6.45, 7) is 3.88. The fraction of sp³-hybridized carbons (Fsp3) is 0.857. The highest BCUT2D eigenvalue weighted by molar-refractivity contribution is 5.91. The molecule has 5 heteroatoms. The first-order valence-electron chi connectivity index (χ1n) is 7.45. The van der Waals surface area contributed by atoms with Crippen LogP contribution in [0.4, 0.5) is 4.79 Å². The number of amidine groups is 1. The number of hydrogen-bond acceptors (Lipinski definition) is 2. The van der Waals surface area contributed by atoms with Gasteiger partial charge < -0.3 is 16.0 Å². The van der Waals surface area contributed by atoms with Crippen molar-refractivity contribution in [3.63, 3.8) is 0 Å². The zero-order chi connectivity index (χ0) is 13.9. The van der Waals surface area contributed by atoms with E-state index in [1.54, 1.807) is 0 Å². The third-order valence-corrected chi connectivity index (χ3v) is 4.63. The molecule has 1 saturated heterocycles.